The first-order valence-electron chi connectivity index (χ1n) is 5.21. The van der Waals surface area contributed by atoms with Gasteiger partial charge < -0.3 is 15.7 Å². The second kappa shape index (κ2) is 5.27. The van der Waals surface area contributed by atoms with Gasteiger partial charge in [0.2, 0.25) is 0 Å². The smallest absolute Gasteiger partial charge is 0.103 e. The number of rotatable bonds is 4. The van der Waals surface area contributed by atoms with Crippen LogP contribution in [0.1, 0.15) is 18.1 Å². The number of nitrogens with two attached hydrogens (primary N) is 1. The molecule has 3 nitrogen and oxygen atoms in total. The molecule has 0 amide bonds. The van der Waals surface area contributed by atoms with E-state index >= 15 is 0 Å². The lowest BCUT2D eigenvalue weighted by atomic mass is 10.1. The van der Waals surface area contributed by atoms with Crippen LogP contribution in [-0.4, -0.2) is 29.8 Å². The monoisotopic (exact) mass is 238 g/mol. The van der Waals surface area contributed by atoms with Crippen molar-refractivity contribution in [2.75, 3.05) is 18.5 Å². The molecule has 1 rings (SSSR count). The average Bonchev–Trinajstić information content (AvgIpc) is 2.15. The van der Waals surface area contributed by atoms with E-state index in [4.69, 9.17) is 18.0 Å². The van der Waals surface area contributed by atoms with Crippen molar-refractivity contribution < 1.29 is 5.11 Å². The molecule has 1 unspecified atom stereocenters. The molecule has 1 aromatic rings. The Labute approximate surface area is 102 Å². The summed E-state index contributed by atoms with van der Waals surface area (Å²) in [5.41, 5.74) is 8.63. The molecule has 3 N–H and O–H groups in total. The van der Waals surface area contributed by atoms with Crippen molar-refractivity contribution in [2.45, 2.75) is 20.0 Å². The molecule has 0 fully saturated rings. The molecule has 88 valence electrons. The zero-order chi connectivity index (χ0) is 12.3. The third kappa shape index (κ3) is 3.18. The van der Waals surface area contributed by atoms with E-state index < -0.39 is 0 Å². The van der Waals surface area contributed by atoms with Crippen molar-refractivity contribution in [3.63, 3.8) is 0 Å². The lowest BCUT2D eigenvalue weighted by Crippen LogP contribution is -2.27. The second-order valence-electron chi connectivity index (χ2n) is 4.10. The standard InChI is InChI=1S/C12H18N2OS/c1-8-6-10(12(13)16)4-5-11(8)14(3)7-9(2)15/h4-6,9,15H,7H2,1-3H3,(H2,13,16). The molecule has 0 aromatic heterocycles. The Morgan fingerprint density at radius 2 is 2.19 bits per heavy atom. The van der Waals surface area contributed by atoms with Crippen LogP contribution in [0.5, 0.6) is 0 Å². The molecule has 0 aliphatic carbocycles. The van der Waals surface area contributed by atoms with Gasteiger partial charge >= 0.3 is 0 Å². The van der Waals surface area contributed by atoms with Crippen LogP contribution < -0.4 is 10.6 Å². The first kappa shape index (κ1) is 12.9. The van der Waals surface area contributed by atoms with E-state index in [9.17, 15) is 5.11 Å². The highest BCUT2D eigenvalue weighted by molar-refractivity contribution is 7.80. The number of aryl methyl sites for hydroxylation is 1. The first-order chi connectivity index (χ1) is 7.41. The number of aliphatic hydroxyl groups is 1. The molecule has 0 saturated heterocycles. The van der Waals surface area contributed by atoms with E-state index in [2.05, 4.69) is 0 Å². The van der Waals surface area contributed by atoms with Crippen LogP contribution in [-0.2, 0) is 0 Å². The number of nitrogens with zero attached hydrogens (tertiary/aromatic N) is 1. The van der Waals surface area contributed by atoms with Gasteiger partial charge in [-0.25, -0.2) is 0 Å². The van der Waals surface area contributed by atoms with Gasteiger partial charge in [0.15, 0.2) is 0 Å². The molecule has 0 aliphatic heterocycles. The summed E-state index contributed by atoms with van der Waals surface area (Å²) < 4.78 is 0. The second-order valence-corrected chi connectivity index (χ2v) is 4.53. The van der Waals surface area contributed by atoms with Crippen molar-refractivity contribution in [2.24, 2.45) is 5.73 Å². The van der Waals surface area contributed by atoms with Crippen LogP contribution in [0.3, 0.4) is 0 Å². The quantitative estimate of drug-likeness (QED) is 0.780. The van der Waals surface area contributed by atoms with E-state index in [1.165, 1.54) is 0 Å². The zero-order valence-corrected chi connectivity index (χ0v) is 10.7. The maximum absolute atomic E-state index is 9.34. The van der Waals surface area contributed by atoms with Crippen molar-refractivity contribution in [3.05, 3.63) is 29.3 Å². The minimum atomic E-state index is -0.348. The summed E-state index contributed by atoms with van der Waals surface area (Å²) in [5, 5.41) is 9.34. The van der Waals surface area contributed by atoms with Crippen LogP contribution in [0, 0.1) is 6.92 Å². The van der Waals surface area contributed by atoms with Crippen LogP contribution >= 0.6 is 12.2 Å². The van der Waals surface area contributed by atoms with Gasteiger partial charge in [-0.15, -0.1) is 0 Å². The number of hydrogen-bond donors (Lipinski definition) is 2. The number of hydrogen-bond acceptors (Lipinski definition) is 3. The van der Waals surface area contributed by atoms with E-state index in [1.807, 2.05) is 37.1 Å². The van der Waals surface area contributed by atoms with Gasteiger partial charge in [0.05, 0.1) is 6.10 Å². The minimum absolute atomic E-state index is 0.348. The lowest BCUT2D eigenvalue weighted by Gasteiger charge is -2.23. The Morgan fingerprint density at radius 1 is 1.56 bits per heavy atom. The molecule has 16 heavy (non-hydrogen) atoms. The molecule has 0 aliphatic rings. The summed E-state index contributed by atoms with van der Waals surface area (Å²) in [6.07, 6.45) is -0.348. The van der Waals surface area contributed by atoms with E-state index in [1.54, 1.807) is 6.92 Å². The molecule has 0 saturated carbocycles. The third-order valence-corrected chi connectivity index (χ3v) is 2.67. The zero-order valence-electron chi connectivity index (χ0n) is 9.90. The van der Waals surface area contributed by atoms with Gasteiger partial charge in [0.1, 0.15) is 4.99 Å². The van der Waals surface area contributed by atoms with Crippen molar-refractivity contribution in [1.29, 1.82) is 0 Å². The molecule has 4 heteroatoms. The summed E-state index contributed by atoms with van der Waals surface area (Å²) >= 11 is 4.92. The summed E-state index contributed by atoms with van der Waals surface area (Å²) in [7, 11) is 1.95. The highest BCUT2D eigenvalue weighted by atomic mass is 32.1. The van der Waals surface area contributed by atoms with E-state index in [-0.39, 0.29) is 6.10 Å². The van der Waals surface area contributed by atoms with Crippen LogP contribution in [0.15, 0.2) is 18.2 Å². The minimum Gasteiger partial charge on any atom is -0.392 e. The van der Waals surface area contributed by atoms with Crippen molar-refractivity contribution >= 4 is 22.9 Å². The maximum atomic E-state index is 9.34. The molecular formula is C12H18N2OS. The predicted molar refractivity (Wildman–Crippen MR) is 72.0 cm³/mol. The molecule has 0 bridgehead atoms. The van der Waals surface area contributed by atoms with Gasteiger partial charge in [-0.05, 0) is 37.6 Å². The number of anilines is 1. The average molecular weight is 238 g/mol. The van der Waals surface area contributed by atoms with Crippen molar-refractivity contribution in [1.82, 2.24) is 0 Å². The topological polar surface area (TPSA) is 49.5 Å². The lowest BCUT2D eigenvalue weighted by molar-refractivity contribution is 0.201. The number of aliphatic hydroxyl groups excluding tert-OH is 1. The predicted octanol–water partition coefficient (Wildman–Crippen LogP) is 1.45. The Morgan fingerprint density at radius 3 is 2.62 bits per heavy atom. The Balaban J connectivity index is 2.94. The molecule has 1 atom stereocenters. The molecule has 0 heterocycles. The van der Waals surface area contributed by atoms with Crippen LogP contribution in [0.4, 0.5) is 5.69 Å². The van der Waals surface area contributed by atoms with Crippen LogP contribution in [0.2, 0.25) is 0 Å². The number of thiocarbonyl (C=S) groups is 1. The summed E-state index contributed by atoms with van der Waals surface area (Å²) in [4.78, 5) is 2.43. The highest BCUT2D eigenvalue weighted by Gasteiger charge is 2.08. The van der Waals surface area contributed by atoms with Gasteiger partial charge in [-0.1, -0.05) is 12.2 Å². The molecule has 1 aromatic carbocycles. The van der Waals surface area contributed by atoms with Gasteiger partial charge in [0.25, 0.3) is 0 Å². The fraction of sp³-hybridized carbons (Fsp3) is 0.417. The largest absolute Gasteiger partial charge is 0.392 e. The molecular weight excluding hydrogens is 220 g/mol. The number of benzene rings is 1. The van der Waals surface area contributed by atoms with Crippen molar-refractivity contribution in [3.8, 4) is 0 Å². The fourth-order valence-corrected chi connectivity index (χ4v) is 1.86. The van der Waals surface area contributed by atoms with Gasteiger partial charge in [-0.2, -0.15) is 0 Å². The Hall–Kier alpha value is -1.13. The van der Waals surface area contributed by atoms with E-state index in [0.717, 1.165) is 16.8 Å². The maximum Gasteiger partial charge on any atom is 0.103 e. The van der Waals surface area contributed by atoms with Gasteiger partial charge in [0, 0.05) is 24.8 Å². The summed E-state index contributed by atoms with van der Waals surface area (Å²) in [6.45, 7) is 4.39. The SMILES string of the molecule is Cc1cc(C(N)=S)ccc1N(C)CC(C)O. The van der Waals surface area contributed by atoms with Gasteiger partial charge in [-0.3, -0.25) is 0 Å². The Bertz CT molecular complexity index is 391. The highest BCUT2D eigenvalue weighted by Crippen LogP contribution is 2.20. The summed E-state index contributed by atoms with van der Waals surface area (Å²) in [5.74, 6) is 0. The first-order valence-corrected chi connectivity index (χ1v) is 5.62. The summed E-state index contributed by atoms with van der Waals surface area (Å²) in [6, 6.07) is 5.85. The molecule has 0 spiro atoms. The van der Waals surface area contributed by atoms with Crippen LogP contribution in [0.25, 0.3) is 0 Å². The number of likely N-dealkylation sites (N-methyl/N-ethyl adjacent to an activating group) is 1. The molecule has 0 radical (unpaired) electrons. The fourth-order valence-electron chi connectivity index (χ4n) is 1.73. The van der Waals surface area contributed by atoms with E-state index in [0.29, 0.717) is 11.5 Å². The normalized spacial score (nSPS) is 12.2. The third-order valence-electron chi connectivity index (χ3n) is 2.43. The Kier molecular flexibility index (Phi) is 4.26.